The monoisotopic (exact) mass is 497 g/mol. The molecule has 164 valence electrons. The standard InChI is InChI=1S/C23H13Cl2N3O4S/c24-17-10-11-26-21-16(17)5-3-7-20(21)33(31,32)28-19-6-2-1-4-15(19)9-8-14-12-18(25)22(23(29)30)27-13-14/h1-7,10-13,28H,(H,29,30). The Morgan fingerprint density at radius 1 is 0.970 bits per heavy atom. The Morgan fingerprint density at radius 2 is 1.76 bits per heavy atom. The van der Waals surface area contributed by atoms with Crippen LogP contribution in [0.3, 0.4) is 0 Å². The number of hydrogen-bond acceptors (Lipinski definition) is 5. The molecule has 2 N–H and O–H groups in total. The van der Waals surface area contributed by atoms with Crippen molar-refractivity contribution < 1.29 is 18.3 Å². The molecule has 0 radical (unpaired) electrons. The predicted octanol–water partition coefficient (Wildman–Crippen LogP) is 4.84. The smallest absolute Gasteiger partial charge is 0.356 e. The number of sulfonamides is 1. The third-order valence-corrected chi connectivity index (χ3v) is 6.54. The number of pyridine rings is 2. The van der Waals surface area contributed by atoms with E-state index >= 15 is 0 Å². The van der Waals surface area contributed by atoms with Crippen LogP contribution in [0.1, 0.15) is 21.6 Å². The minimum atomic E-state index is -4.02. The van der Waals surface area contributed by atoms with Crippen LogP contribution >= 0.6 is 23.2 Å². The number of carboxylic acids is 1. The second kappa shape index (κ2) is 9.08. The number of benzene rings is 2. The average Bonchev–Trinajstić information content (AvgIpc) is 2.78. The summed E-state index contributed by atoms with van der Waals surface area (Å²) in [7, 11) is -4.02. The van der Waals surface area contributed by atoms with Crippen molar-refractivity contribution in [3.63, 3.8) is 0 Å². The van der Waals surface area contributed by atoms with E-state index in [4.69, 9.17) is 28.3 Å². The van der Waals surface area contributed by atoms with Crippen molar-refractivity contribution in [2.24, 2.45) is 0 Å². The maximum absolute atomic E-state index is 13.2. The van der Waals surface area contributed by atoms with Crippen LogP contribution in [0, 0.1) is 11.8 Å². The molecule has 2 heterocycles. The molecule has 0 spiro atoms. The van der Waals surface area contributed by atoms with E-state index < -0.39 is 16.0 Å². The molecule has 33 heavy (non-hydrogen) atoms. The zero-order valence-electron chi connectivity index (χ0n) is 16.6. The minimum absolute atomic E-state index is 0.0227. The molecule has 4 rings (SSSR count). The van der Waals surface area contributed by atoms with Gasteiger partial charge in [0.15, 0.2) is 5.69 Å². The summed E-state index contributed by atoms with van der Waals surface area (Å²) < 4.78 is 28.9. The van der Waals surface area contributed by atoms with Crippen LogP contribution in [0.25, 0.3) is 10.9 Å². The zero-order chi connectivity index (χ0) is 23.6. The number of fused-ring (bicyclic) bond motifs is 1. The normalized spacial score (nSPS) is 11.0. The third kappa shape index (κ3) is 4.76. The second-order valence-electron chi connectivity index (χ2n) is 6.71. The topological polar surface area (TPSA) is 109 Å². The number of hydrogen-bond donors (Lipinski definition) is 2. The second-order valence-corrected chi connectivity index (χ2v) is 9.17. The number of aromatic nitrogens is 2. The van der Waals surface area contributed by atoms with Gasteiger partial charge in [-0.2, -0.15) is 0 Å². The molecule has 0 amide bonds. The number of halogens is 2. The number of para-hydroxylation sites is 2. The Morgan fingerprint density at radius 3 is 2.52 bits per heavy atom. The van der Waals surface area contributed by atoms with Crippen LogP contribution in [-0.2, 0) is 10.0 Å². The SMILES string of the molecule is O=C(O)c1ncc(C#Cc2ccccc2NS(=O)(=O)c2cccc3c(Cl)ccnc23)cc1Cl. The number of anilines is 1. The van der Waals surface area contributed by atoms with Crippen LogP contribution in [0.2, 0.25) is 10.0 Å². The highest BCUT2D eigenvalue weighted by Gasteiger charge is 2.20. The van der Waals surface area contributed by atoms with E-state index in [0.29, 0.717) is 21.5 Å². The van der Waals surface area contributed by atoms with Gasteiger partial charge in [0.1, 0.15) is 4.90 Å². The Kier molecular flexibility index (Phi) is 6.20. The van der Waals surface area contributed by atoms with Gasteiger partial charge < -0.3 is 5.11 Å². The highest BCUT2D eigenvalue weighted by molar-refractivity contribution is 7.93. The van der Waals surface area contributed by atoms with Crippen LogP contribution < -0.4 is 4.72 Å². The van der Waals surface area contributed by atoms with Crippen molar-refractivity contribution in [2.45, 2.75) is 4.90 Å². The molecule has 4 aromatic rings. The van der Waals surface area contributed by atoms with Gasteiger partial charge in [-0.3, -0.25) is 9.71 Å². The van der Waals surface area contributed by atoms with Crippen LogP contribution in [0.5, 0.6) is 0 Å². The van der Waals surface area contributed by atoms with Gasteiger partial charge in [0.05, 0.1) is 21.2 Å². The van der Waals surface area contributed by atoms with Gasteiger partial charge in [-0.15, -0.1) is 0 Å². The summed E-state index contributed by atoms with van der Waals surface area (Å²) in [5.41, 5.74) is 0.992. The van der Waals surface area contributed by atoms with Crippen LogP contribution in [0.15, 0.2) is 71.9 Å². The summed E-state index contributed by atoms with van der Waals surface area (Å²) in [6.45, 7) is 0. The Labute approximate surface area is 199 Å². The lowest BCUT2D eigenvalue weighted by molar-refractivity contribution is 0.0690. The molecule has 10 heteroatoms. The first-order valence-electron chi connectivity index (χ1n) is 9.32. The highest BCUT2D eigenvalue weighted by atomic mass is 35.5. The molecule has 0 atom stereocenters. The first-order chi connectivity index (χ1) is 15.8. The zero-order valence-corrected chi connectivity index (χ0v) is 18.9. The molecular formula is C23H13Cl2N3O4S. The van der Waals surface area contributed by atoms with E-state index in [-0.39, 0.29) is 26.8 Å². The van der Waals surface area contributed by atoms with E-state index in [0.717, 1.165) is 0 Å². The molecule has 0 aliphatic carbocycles. The van der Waals surface area contributed by atoms with Gasteiger partial charge in [0.2, 0.25) is 0 Å². The van der Waals surface area contributed by atoms with Gasteiger partial charge in [-0.25, -0.2) is 18.2 Å². The highest BCUT2D eigenvalue weighted by Crippen LogP contribution is 2.28. The van der Waals surface area contributed by atoms with Crippen LogP contribution in [-0.4, -0.2) is 29.5 Å². The number of aromatic carboxylic acids is 1. The van der Waals surface area contributed by atoms with E-state index in [1.807, 2.05) is 0 Å². The lowest BCUT2D eigenvalue weighted by Crippen LogP contribution is -2.14. The predicted molar refractivity (Wildman–Crippen MR) is 126 cm³/mol. The molecule has 0 aliphatic rings. The van der Waals surface area contributed by atoms with E-state index in [2.05, 4.69) is 26.5 Å². The maximum atomic E-state index is 13.2. The van der Waals surface area contributed by atoms with Gasteiger partial charge >= 0.3 is 5.97 Å². The summed E-state index contributed by atoms with van der Waals surface area (Å²) in [4.78, 5) is 19.0. The fourth-order valence-electron chi connectivity index (χ4n) is 3.02. The number of rotatable bonds is 4. The number of carboxylic acid groups (broad SMARTS) is 1. The number of nitrogens with zero attached hydrogens (tertiary/aromatic N) is 2. The van der Waals surface area contributed by atoms with Gasteiger partial charge in [0, 0.05) is 28.9 Å². The molecule has 2 aromatic carbocycles. The number of carbonyl (C=O) groups is 1. The summed E-state index contributed by atoms with van der Waals surface area (Å²) in [6.07, 6.45) is 2.72. The van der Waals surface area contributed by atoms with Crippen molar-refractivity contribution in [2.75, 3.05) is 4.72 Å². The fourth-order valence-corrected chi connectivity index (χ4v) is 4.72. The molecule has 0 fully saturated rings. The van der Waals surface area contributed by atoms with E-state index in [1.165, 1.54) is 24.5 Å². The van der Waals surface area contributed by atoms with E-state index in [1.54, 1.807) is 42.5 Å². The molecule has 0 bridgehead atoms. The average molecular weight is 498 g/mol. The summed E-state index contributed by atoms with van der Waals surface area (Å²) in [5.74, 6) is 4.44. The first-order valence-corrected chi connectivity index (χ1v) is 11.6. The maximum Gasteiger partial charge on any atom is 0.356 e. The summed E-state index contributed by atoms with van der Waals surface area (Å²) in [6, 6.07) is 14.3. The Hall–Kier alpha value is -3.64. The fraction of sp³-hybridized carbons (Fsp3) is 0. The lowest BCUT2D eigenvalue weighted by atomic mass is 10.1. The van der Waals surface area contributed by atoms with Gasteiger partial charge in [-0.1, -0.05) is 59.3 Å². The first kappa shape index (κ1) is 22.6. The minimum Gasteiger partial charge on any atom is -0.476 e. The van der Waals surface area contributed by atoms with Crippen molar-refractivity contribution in [3.8, 4) is 11.8 Å². The molecule has 0 unspecified atom stereocenters. The summed E-state index contributed by atoms with van der Waals surface area (Å²) in [5, 5.41) is 9.88. The Balaban J connectivity index is 1.70. The molecule has 7 nitrogen and oxygen atoms in total. The molecular weight excluding hydrogens is 485 g/mol. The van der Waals surface area contributed by atoms with Gasteiger partial charge in [-0.05, 0) is 30.3 Å². The molecule has 0 saturated heterocycles. The molecule has 0 aliphatic heterocycles. The van der Waals surface area contributed by atoms with Gasteiger partial charge in [0.25, 0.3) is 10.0 Å². The third-order valence-electron chi connectivity index (χ3n) is 4.53. The lowest BCUT2D eigenvalue weighted by Gasteiger charge is -2.12. The largest absolute Gasteiger partial charge is 0.476 e. The molecule has 0 saturated carbocycles. The van der Waals surface area contributed by atoms with Crippen molar-refractivity contribution >= 4 is 55.8 Å². The van der Waals surface area contributed by atoms with Crippen LogP contribution in [0.4, 0.5) is 5.69 Å². The molecule has 2 aromatic heterocycles. The van der Waals surface area contributed by atoms with Crippen molar-refractivity contribution in [1.29, 1.82) is 0 Å². The summed E-state index contributed by atoms with van der Waals surface area (Å²) >= 11 is 12.1. The van der Waals surface area contributed by atoms with E-state index in [9.17, 15) is 13.2 Å². The quantitative estimate of drug-likeness (QED) is 0.390. The Bertz CT molecular complexity index is 1580. The van der Waals surface area contributed by atoms with Crippen molar-refractivity contribution in [3.05, 3.63) is 93.9 Å². The van der Waals surface area contributed by atoms with Crippen molar-refractivity contribution in [1.82, 2.24) is 9.97 Å². The number of nitrogens with one attached hydrogen (secondary N) is 1.